The van der Waals surface area contributed by atoms with Crippen molar-refractivity contribution in [3.63, 3.8) is 0 Å². The number of thiophene rings is 1. The molecule has 0 aliphatic rings. The van der Waals surface area contributed by atoms with Crippen LogP contribution in [0.25, 0.3) is 0 Å². The first kappa shape index (κ1) is 11.1. The quantitative estimate of drug-likeness (QED) is 0.918. The summed E-state index contributed by atoms with van der Waals surface area (Å²) < 4.78 is 0.899. The van der Waals surface area contributed by atoms with Gasteiger partial charge in [0.05, 0.1) is 6.54 Å². The van der Waals surface area contributed by atoms with Crippen molar-refractivity contribution in [3.8, 4) is 0 Å². The Balaban J connectivity index is 1.93. The van der Waals surface area contributed by atoms with Crippen LogP contribution < -0.4 is 5.32 Å². The molecular formula is C10H11BrN2S2. The van der Waals surface area contributed by atoms with Gasteiger partial charge in [-0.25, -0.2) is 4.98 Å². The van der Waals surface area contributed by atoms with Crippen LogP contribution in [-0.4, -0.2) is 4.98 Å². The molecule has 1 N–H and O–H groups in total. The van der Waals surface area contributed by atoms with Crippen molar-refractivity contribution in [1.29, 1.82) is 0 Å². The van der Waals surface area contributed by atoms with Crippen LogP contribution >= 0.6 is 38.6 Å². The predicted molar refractivity (Wildman–Crippen MR) is 70.8 cm³/mol. The molecule has 2 aromatic heterocycles. The maximum Gasteiger partial charge on any atom is 0.184 e. The molecule has 0 spiro atoms. The number of halogens is 1. The predicted octanol–water partition coefficient (Wildman–Crippen LogP) is 4.14. The third kappa shape index (κ3) is 3.03. The van der Waals surface area contributed by atoms with Crippen LogP contribution in [-0.2, 0) is 13.0 Å². The van der Waals surface area contributed by atoms with Crippen LogP contribution in [0.1, 0.15) is 16.7 Å². The van der Waals surface area contributed by atoms with Crippen molar-refractivity contribution in [2.75, 3.05) is 5.32 Å². The number of hydrogen-bond acceptors (Lipinski definition) is 4. The SMILES string of the molecule is CCc1ccc(CNc2nc(Br)cs2)s1. The number of nitrogens with zero attached hydrogens (tertiary/aromatic N) is 1. The Hall–Kier alpha value is -0.390. The van der Waals surface area contributed by atoms with Crippen molar-refractivity contribution < 1.29 is 0 Å². The van der Waals surface area contributed by atoms with E-state index < -0.39 is 0 Å². The van der Waals surface area contributed by atoms with Gasteiger partial charge in [-0.3, -0.25) is 0 Å². The Kier molecular flexibility index (Phi) is 3.77. The summed E-state index contributed by atoms with van der Waals surface area (Å²) in [6, 6.07) is 4.37. The fraction of sp³-hybridized carbons (Fsp3) is 0.300. The summed E-state index contributed by atoms with van der Waals surface area (Å²) >= 11 is 6.81. The number of aryl methyl sites for hydroxylation is 1. The first-order valence-electron chi connectivity index (χ1n) is 4.70. The van der Waals surface area contributed by atoms with Crippen molar-refractivity contribution in [2.45, 2.75) is 19.9 Å². The maximum absolute atomic E-state index is 4.28. The largest absolute Gasteiger partial charge is 0.357 e. The number of aromatic nitrogens is 1. The summed E-state index contributed by atoms with van der Waals surface area (Å²) in [5.41, 5.74) is 0. The lowest BCUT2D eigenvalue weighted by Crippen LogP contribution is -1.96. The van der Waals surface area contributed by atoms with Crippen LogP contribution in [0.2, 0.25) is 0 Å². The topological polar surface area (TPSA) is 24.9 Å². The number of anilines is 1. The molecule has 0 saturated heterocycles. The normalized spacial score (nSPS) is 10.5. The molecule has 2 nitrogen and oxygen atoms in total. The smallest absolute Gasteiger partial charge is 0.184 e. The number of thiazole rings is 1. The van der Waals surface area contributed by atoms with Crippen molar-refractivity contribution in [1.82, 2.24) is 4.98 Å². The van der Waals surface area contributed by atoms with Gasteiger partial charge in [-0.1, -0.05) is 6.92 Å². The minimum absolute atomic E-state index is 0.866. The fourth-order valence-electron chi connectivity index (χ4n) is 1.21. The van der Waals surface area contributed by atoms with Crippen molar-refractivity contribution in [2.24, 2.45) is 0 Å². The molecule has 5 heteroatoms. The van der Waals surface area contributed by atoms with E-state index in [0.717, 1.165) is 22.7 Å². The second-order valence-corrected chi connectivity index (χ2v) is 5.97. The molecule has 0 bridgehead atoms. The molecule has 0 aliphatic carbocycles. The minimum Gasteiger partial charge on any atom is -0.357 e. The number of rotatable bonds is 4. The summed E-state index contributed by atoms with van der Waals surface area (Å²) in [6.07, 6.45) is 1.12. The monoisotopic (exact) mass is 302 g/mol. The molecule has 15 heavy (non-hydrogen) atoms. The van der Waals surface area contributed by atoms with Gasteiger partial charge < -0.3 is 5.32 Å². The van der Waals surface area contributed by atoms with E-state index in [0.29, 0.717) is 0 Å². The van der Waals surface area contributed by atoms with E-state index in [1.54, 1.807) is 11.3 Å². The zero-order valence-corrected chi connectivity index (χ0v) is 11.5. The Labute approximate surface area is 106 Å². The molecule has 0 amide bonds. The second-order valence-electron chi connectivity index (χ2n) is 3.05. The molecule has 2 heterocycles. The first-order chi connectivity index (χ1) is 7.28. The zero-order valence-electron chi connectivity index (χ0n) is 8.29. The Morgan fingerprint density at radius 3 is 2.80 bits per heavy atom. The standard InChI is InChI=1S/C10H11BrN2S2/c1-2-7-3-4-8(15-7)5-12-10-13-9(11)6-14-10/h3-4,6H,2,5H2,1H3,(H,12,13). The third-order valence-corrected chi connectivity index (χ3v) is 4.69. The molecule has 0 saturated carbocycles. The fourth-order valence-corrected chi connectivity index (χ4v) is 3.25. The lowest BCUT2D eigenvalue weighted by molar-refractivity contribution is 1.16. The summed E-state index contributed by atoms with van der Waals surface area (Å²) in [6.45, 7) is 3.05. The van der Waals surface area contributed by atoms with E-state index in [1.807, 2.05) is 16.7 Å². The Morgan fingerprint density at radius 1 is 1.40 bits per heavy atom. The van der Waals surface area contributed by atoms with Gasteiger partial charge in [-0.2, -0.15) is 0 Å². The van der Waals surface area contributed by atoms with Crippen LogP contribution in [0.3, 0.4) is 0 Å². The highest BCUT2D eigenvalue weighted by Crippen LogP contribution is 2.22. The lowest BCUT2D eigenvalue weighted by Gasteiger charge is -1.98. The van der Waals surface area contributed by atoms with E-state index in [-0.39, 0.29) is 0 Å². The van der Waals surface area contributed by atoms with Gasteiger partial charge in [0.1, 0.15) is 4.60 Å². The molecular weight excluding hydrogens is 292 g/mol. The van der Waals surface area contributed by atoms with E-state index in [1.165, 1.54) is 9.75 Å². The molecule has 0 unspecified atom stereocenters. The van der Waals surface area contributed by atoms with Crippen molar-refractivity contribution in [3.05, 3.63) is 31.9 Å². The number of hydrogen-bond donors (Lipinski definition) is 1. The van der Waals surface area contributed by atoms with E-state index in [9.17, 15) is 0 Å². The van der Waals surface area contributed by atoms with Gasteiger partial charge in [-0.15, -0.1) is 22.7 Å². The van der Waals surface area contributed by atoms with Gasteiger partial charge in [0.2, 0.25) is 0 Å². The van der Waals surface area contributed by atoms with Gasteiger partial charge in [0.25, 0.3) is 0 Å². The highest BCUT2D eigenvalue weighted by molar-refractivity contribution is 9.10. The average Bonchev–Trinajstić information content (AvgIpc) is 2.83. The van der Waals surface area contributed by atoms with Gasteiger partial charge in [0.15, 0.2) is 5.13 Å². The van der Waals surface area contributed by atoms with Crippen LogP contribution in [0, 0.1) is 0 Å². The zero-order chi connectivity index (χ0) is 10.7. The van der Waals surface area contributed by atoms with Crippen LogP contribution in [0.4, 0.5) is 5.13 Å². The molecule has 0 aromatic carbocycles. The Morgan fingerprint density at radius 2 is 2.20 bits per heavy atom. The van der Waals surface area contributed by atoms with Crippen LogP contribution in [0.5, 0.6) is 0 Å². The van der Waals surface area contributed by atoms with E-state index >= 15 is 0 Å². The summed E-state index contributed by atoms with van der Waals surface area (Å²) in [5, 5.41) is 6.25. The molecule has 0 fully saturated rings. The maximum atomic E-state index is 4.28. The second kappa shape index (κ2) is 5.09. The van der Waals surface area contributed by atoms with Gasteiger partial charge in [0, 0.05) is 15.1 Å². The molecule has 0 radical (unpaired) electrons. The van der Waals surface area contributed by atoms with E-state index in [2.05, 4.69) is 45.3 Å². The molecule has 80 valence electrons. The lowest BCUT2D eigenvalue weighted by atomic mass is 10.4. The average molecular weight is 303 g/mol. The first-order valence-corrected chi connectivity index (χ1v) is 7.19. The highest BCUT2D eigenvalue weighted by atomic mass is 79.9. The molecule has 2 aromatic rings. The summed E-state index contributed by atoms with van der Waals surface area (Å²) in [7, 11) is 0. The van der Waals surface area contributed by atoms with E-state index in [4.69, 9.17) is 0 Å². The Bertz CT molecular complexity index is 436. The third-order valence-electron chi connectivity index (χ3n) is 1.96. The molecule has 0 aliphatic heterocycles. The van der Waals surface area contributed by atoms with Gasteiger partial charge >= 0.3 is 0 Å². The van der Waals surface area contributed by atoms with Crippen molar-refractivity contribution >= 4 is 43.7 Å². The van der Waals surface area contributed by atoms with Crippen LogP contribution in [0.15, 0.2) is 22.1 Å². The molecule has 2 rings (SSSR count). The van der Waals surface area contributed by atoms with Gasteiger partial charge in [-0.05, 0) is 34.5 Å². The minimum atomic E-state index is 0.866. The summed E-state index contributed by atoms with van der Waals surface area (Å²) in [5.74, 6) is 0. The molecule has 0 atom stereocenters. The summed E-state index contributed by atoms with van der Waals surface area (Å²) in [4.78, 5) is 7.08. The highest BCUT2D eigenvalue weighted by Gasteiger charge is 2.01. The number of nitrogens with one attached hydrogen (secondary N) is 1.